The van der Waals surface area contributed by atoms with Gasteiger partial charge in [-0.05, 0) is 23.6 Å². The number of benzene rings is 1. The molecule has 7 nitrogen and oxygen atoms in total. The summed E-state index contributed by atoms with van der Waals surface area (Å²) in [6.45, 7) is 4.01. The van der Waals surface area contributed by atoms with Gasteiger partial charge in [0.2, 0.25) is 0 Å². The van der Waals surface area contributed by atoms with Crippen LogP contribution in [0.25, 0.3) is 0 Å². The lowest BCUT2D eigenvalue weighted by Crippen LogP contribution is -2.44. The van der Waals surface area contributed by atoms with Crippen LogP contribution < -0.4 is 10.6 Å². The first-order valence-electron chi connectivity index (χ1n) is 6.41. The molecular weight excluding hydrogens is 276 g/mol. The maximum Gasteiger partial charge on any atom is 0.326 e. The number of carboxylic acid groups (broad SMARTS) is 2. The summed E-state index contributed by atoms with van der Waals surface area (Å²) in [5.41, 5.74) is 1.53. The molecular formula is C14H18N2O5. The third-order valence-electron chi connectivity index (χ3n) is 2.79. The first-order valence-corrected chi connectivity index (χ1v) is 6.41. The molecule has 0 fully saturated rings. The van der Waals surface area contributed by atoms with Gasteiger partial charge in [0, 0.05) is 5.69 Å². The van der Waals surface area contributed by atoms with Crippen LogP contribution in [-0.2, 0) is 9.59 Å². The molecule has 0 radical (unpaired) electrons. The molecule has 7 heteroatoms. The number of carbonyl (C=O) groups is 3. The Balaban J connectivity index is 2.69. The molecule has 0 spiro atoms. The predicted molar refractivity (Wildman–Crippen MR) is 76.4 cm³/mol. The zero-order chi connectivity index (χ0) is 16.0. The van der Waals surface area contributed by atoms with E-state index in [-0.39, 0.29) is 5.92 Å². The molecule has 0 unspecified atom stereocenters. The van der Waals surface area contributed by atoms with E-state index >= 15 is 0 Å². The fourth-order valence-electron chi connectivity index (χ4n) is 1.68. The van der Waals surface area contributed by atoms with Crippen molar-refractivity contribution in [2.45, 2.75) is 32.2 Å². The van der Waals surface area contributed by atoms with Gasteiger partial charge in [-0.3, -0.25) is 4.79 Å². The normalized spacial score (nSPS) is 11.8. The van der Waals surface area contributed by atoms with Gasteiger partial charge in [0.15, 0.2) is 0 Å². The van der Waals surface area contributed by atoms with E-state index in [0.717, 1.165) is 5.56 Å². The van der Waals surface area contributed by atoms with Crippen molar-refractivity contribution in [3.63, 3.8) is 0 Å². The van der Waals surface area contributed by atoms with Gasteiger partial charge >= 0.3 is 18.0 Å². The van der Waals surface area contributed by atoms with E-state index in [9.17, 15) is 14.4 Å². The zero-order valence-electron chi connectivity index (χ0n) is 11.8. The van der Waals surface area contributed by atoms with Gasteiger partial charge in [0.05, 0.1) is 6.42 Å². The zero-order valence-corrected chi connectivity index (χ0v) is 11.8. The number of carboxylic acids is 2. The van der Waals surface area contributed by atoms with Crippen LogP contribution in [-0.4, -0.2) is 34.2 Å². The molecule has 0 saturated heterocycles. The first kappa shape index (κ1) is 16.5. The lowest BCUT2D eigenvalue weighted by molar-refractivity contribution is -0.145. The number of amides is 2. The Morgan fingerprint density at radius 3 is 2.38 bits per heavy atom. The van der Waals surface area contributed by atoms with Gasteiger partial charge in [-0.1, -0.05) is 26.0 Å². The van der Waals surface area contributed by atoms with Crippen LogP contribution in [0.5, 0.6) is 0 Å². The van der Waals surface area contributed by atoms with E-state index in [4.69, 9.17) is 10.2 Å². The predicted octanol–water partition coefficient (Wildman–Crippen LogP) is 1.86. The molecule has 1 rings (SSSR count). The molecule has 21 heavy (non-hydrogen) atoms. The highest BCUT2D eigenvalue weighted by molar-refractivity contribution is 5.93. The Hall–Kier alpha value is -2.57. The van der Waals surface area contributed by atoms with Crippen molar-refractivity contribution in [3.8, 4) is 0 Å². The Labute approximate surface area is 122 Å². The van der Waals surface area contributed by atoms with Gasteiger partial charge in [-0.2, -0.15) is 0 Å². The van der Waals surface area contributed by atoms with Crippen molar-refractivity contribution in [3.05, 3.63) is 29.8 Å². The summed E-state index contributed by atoms with van der Waals surface area (Å²) in [5.74, 6) is -2.42. The van der Waals surface area contributed by atoms with Crippen molar-refractivity contribution < 1.29 is 24.6 Å². The maximum atomic E-state index is 11.7. The molecule has 0 saturated carbocycles. The molecule has 1 aromatic carbocycles. The fraction of sp³-hybridized carbons (Fsp3) is 0.357. The highest BCUT2D eigenvalue weighted by atomic mass is 16.4. The highest BCUT2D eigenvalue weighted by Gasteiger charge is 2.22. The van der Waals surface area contributed by atoms with Crippen LogP contribution in [0.3, 0.4) is 0 Å². The monoisotopic (exact) mass is 294 g/mol. The van der Waals surface area contributed by atoms with Crippen molar-refractivity contribution in [1.29, 1.82) is 0 Å². The average molecular weight is 294 g/mol. The lowest BCUT2D eigenvalue weighted by atomic mass is 10.0. The topological polar surface area (TPSA) is 116 Å². The molecule has 4 N–H and O–H groups in total. The second-order valence-corrected chi connectivity index (χ2v) is 4.87. The number of hydrogen-bond donors (Lipinski definition) is 4. The molecule has 0 aromatic heterocycles. The van der Waals surface area contributed by atoms with Crippen LogP contribution >= 0.6 is 0 Å². The Bertz CT molecular complexity index is 542. The second-order valence-electron chi connectivity index (χ2n) is 4.87. The fourth-order valence-corrected chi connectivity index (χ4v) is 1.68. The molecule has 1 aromatic rings. The standard InChI is InChI=1S/C14H18N2O5/c1-8(2)9-4-3-5-10(6-9)15-14(21)16-11(13(19)20)7-12(17)18/h3-6,8,11H,7H2,1-2H3,(H,17,18)(H,19,20)(H2,15,16,21)/t11-/m1/s1. The molecule has 0 heterocycles. The van der Waals surface area contributed by atoms with Crippen LogP contribution in [0.2, 0.25) is 0 Å². The summed E-state index contributed by atoms with van der Waals surface area (Å²) in [5, 5.41) is 22.1. The van der Waals surface area contributed by atoms with Gasteiger partial charge in [-0.25, -0.2) is 9.59 Å². The number of nitrogens with one attached hydrogen (secondary N) is 2. The minimum atomic E-state index is -1.48. The summed E-state index contributed by atoms with van der Waals surface area (Å²) in [6, 6.07) is 4.89. The number of hydrogen-bond acceptors (Lipinski definition) is 3. The maximum absolute atomic E-state index is 11.7. The number of rotatable bonds is 6. The van der Waals surface area contributed by atoms with E-state index in [0.29, 0.717) is 5.69 Å². The van der Waals surface area contributed by atoms with E-state index < -0.39 is 30.4 Å². The number of urea groups is 1. The number of anilines is 1. The van der Waals surface area contributed by atoms with Crippen molar-refractivity contribution in [2.24, 2.45) is 0 Å². The molecule has 0 aliphatic carbocycles. The van der Waals surface area contributed by atoms with Gasteiger partial charge < -0.3 is 20.8 Å². The summed E-state index contributed by atoms with van der Waals surface area (Å²) in [7, 11) is 0. The molecule has 0 aliphatic heterocycles. The Morgan fingerprint density at radius 1 is 1.19 bits per heavy atom. The van der Waals surface area contributed by atoms with E-state index in [2.05, 4.69) is 10.6 Å². The largest absolute Gasteiger partial charge is 0.481 e. The molecule has 2 amide bonds. The quantitative estimate of drug-likeness (QED) is 0.639. The molecule has 1 atom stereocenters. The van der Waals surface area contributed by atoms with Crippen molar-refractivity contribution in [1.82, 2.24) is 5.32 Å². The van der Waals surface area contributed by atoms with Crippen LogP contribution in [0, 0.1) is 0 Å². The molecule has 0 bridgehead atoms. The van der Waals surface area contributed by atoms with E-state index in [1.807, 2.05) is 19.9 Å². The van der Waals surface area contributed by atoms with Crippen LogP contribution in [0.4, 0.5) is 10.5 Å². The van der Waals surface area contributed by atoms with Gasteiger partial charge in [0.1, 0.15) is 6.04 Å². The average Bonchev–Trinajstić information content (AvgIpc) is 2.37. The van der Waals surface area contributed by atoms with Crippen molar-refractivity contribution >= 4 is 23.7 Å². The Morgan fingerprint density at radius 2 is 1.86 bits per heavy atom. The van der Waals surface area contributed by atoms with Crippen molar-refractivity contribution in [2.75, 3.05) is 5.32 Å². The van der Waals surface area contributed by atoms with Crippen LogP contribution in [0.15, 0.2) is 24.3 Å². The lowest BCUT2D eigenvalue weighted by Gasteiger charge is -2.14. The molecule has 0 aliphatic rings. The van der Waals surface area contributed by atoms with E-state index in [1.54, 1.807) is 18.2 Å². The summed E-state index contributed by atoms with van der Waals surface area (Å²) in [4.78, 5) is 33.1. The number of aliphatic carboxylic acids is 2. The number of carbonyl (C=O) groups excluding carboxylic acids is 1. The minimum absolute atomic E-state index is 0.286. The minimum Gasteiger partial charge on any atom is -0.481 e. The van der Waals surface area contributed by atoms with Gasteiger partial charge in [0.25, 0.3) is 0 Å². The second kappa shape index (κ2) is 7.28. The van der Waals surface area contributed by atoms with E-state index in [1.165, 1.54) is 0 Å². The SMILES string of the molecule is CC(C)c1cccc(NC(=O)N[C@H](CC(=O)O)C(=O)O)c1. The highest BCUT2D eigenvalue weighted by Crippen LogP contribution is 2.18. The third-order valence-corrected chi connectivity index (χ3v) is 2.79. The Kier molecular flexibility index (Phi) is 5.71. The molecule has 114 valence electrons. The van der Waals surface area contributed by atoms with Crippen LogP contribution in [0.1, 0.15) is 31.7 Å². The summed E-state index contributed by atoms with van der Waals surface area (Å²) >= 11 is 0. The smallest absolute Gasteiger partial charge is 0.326 e. The summed E-state index contributed by atoms with van der Waals surface area (Å²) in [6.07, 6.45) is -0.686. The third kappa shape index (κ3) is 5.52. The first-order chi connectivity index (χ1) is 9.79. The summed E-state index contributed by atoms with van der Waals surface area (Å²) < 4.78 is 0. The van der Waals surface area contributed by atoms with Gasteiger partial charge in [-0.15, -0.1) is 0 Å².